The zero-order chi connectivity index (χ0) is 17.3. The van der Waals surface area contributed by atoms with E-state index in [-0.39, 0.29) is 11.1 Å². The molecule has 2 aromatic carbocycles. The number of amides is 1. The van der Waals surface area contributed by atoms with Gasteiger partial charge < -0.3 is 9.73 Å². The smallest absolute Gasteiger partial charge is 0.344 e. The number of carbonyl (C=O) groups is 1. The summed E-state index contributed by atoms with van der Waals surface area (Å²) in [4.78, 5) is 24.5. The molecular formula is C19H16FNO3. The van der Waals surface area contributed by atoms with Gasteiger partial charge >= 0.3 is 5.63 Å². The second-order valence-electron chi connectivity index (χ2n) is 5.55. The van der Waals surface area contributed by atoms with Crippen molar-refractivity contribution >= 4 is 22.4 Å². The van der Waals surface area contributed by atoms with Gasteiger partial charge in [-0.3, -0.25) is 4.79 Å². The van der Waals surface area contributed by atoms with Gasteiger partial charge in [0.1, 0.15) is 5.82 Å². The van der Waals surface area contributed by atoms with Crippen molar-refractivity contribution in [1.82, 2.24) is 0 Å². The highest BCUT2D eigenvalue weighted by Gasteiger charge is 2.15. The normalized spacial score (nSPS) is 10.8. The van der Waals surface area contributed by atoms with E-state index in [1.165, 1.54) is 24.3 Å². The van der Waals surface area contributed by atoms with E-state index in [2.05, 4.69) is 5.32 Å². The lowest BCUT2D eigenvalue weighted by Crippen LogP contribution is -2.16. The van der Waals surface area contributed by atoms with Gasteiger partial charge in [0.05, 0.1) is 5.39 Å². The number of hydrogen-bond donors (Lipinski definition) is 1. The number of nitrogens with one attached hydrogen (secondary N) is 1. The van der Waals surface area contributed by atoms with Crippen LogP contribution in [-0.4, -0.2) is 5.91 Å². The Balaban J connectivity index is 2.02. The molecule has 0 saturated carbocycles. The minimum Gasteiger partial charge on any atom is -0.417 e. The average molecular weight is 325 g/mol. The lowest BCUT2D eigenvalue weighted by molar-refractivity contribution is 0.0993. The zero-order valence-corrected chi connectivity index (χ0v) is 13.4. The minimum atomic E-state index is -0.668. The molecule has 0 spiro atoms. The summed E-state index contributed by atoms with van der Waals surface area (Å²) in [6.45, 7) is 3.88. The van der Waals surface area contributed by atoms with E-state index in [1.807, 2.05) is 32.0 Å². The van der Waals surface area contributed by atoms with Crippen LogP contribution in [0.4, 0.5) is 10.1 Å². The monoisotopic (exact) mass is 325 g/mol. The van der Waals surface area contributed by atoms with Crippen LogP contribution in [0.15, 0.2) is 51.7 Å². The number of rotatable bonds is 3. The Morgan fingerprint density at radius 2 is 2.00 bits per heavy atom. The van der Waals surface area contributed by atoms with E-state index in [0.717, 1.165) is 17.5 Å². The number of hydrogen-bond acceptors (Lipinski definition) is 3. The third kappa shape index (κ3) is 2.93. The number of benzene rings is 2. The van der Waals surface area contributed by atoms with E-state index < -0.39 is 17.3 Å². The fourth-order valence-corrected chi connectivity index (χ4v) is 2.65. The maximum atomic E-state index is 13.4. The number of para-hydroxylation sites is 1. The fourth-order valence-electron chi connectivity index (χ4n) is 2.65. The number of carbonyl (C=O) groups excluding carboxylic acids is 1. The number of anilines is 1. The van der Waals surface area contributed by atoms with Crippen molar-refractivity contribution in [3.8, 4) is 0 Å². The highest BCUT2D eigenvalue weighted by Crippen LogP contribution is 2.22. The molecule has 24 heavy (non-hydrogen) atoms. The summed E-state index contributed by atoms with van der Waals surface area (Å²) in [6.07, 6.45) is 0.754. The second-order valence-corrected chi connectivity index (χ2v) is 5.55. The Hall–Kier alpha value is -2.95. The Morgan fingerprint density at radius 3 is 2.75 bits per heavy atom. The summed E-state index contributed by atoms with van der Waals surface area (Å²) in [5.41, 5.74) is 1.93. The van der Waals surface area contributed by atoms with Gasteiger partial charge in [-0.25, -0.2) is 9.18 Å². The summed E-state index contributed by atoms with van der Waals surface area (Å²) < 4.78 is 18.5. The van der Waals surface area contributed by atoms with Gasteiger partial charge in [-0.15, -0.1) is 0 Å². The van der Waals surface area contributed by atoms with Crippen molar-refractivity contribution in [2.24, 2.45) is 0 Å². The van der Waals surface area contributed by atoms with Crippen LogP contribution in [-0.2, 0) is 6.42 Å². The second kappa shape index (κ2) is 6.28. The molecule has 0 radical (unpaired) electrons. The molecule has 4 nitrogen and oxygen atoms in total. The zero-order valence-electron chi connectivity index (χ0n) is 13.4. The van der Waals surface area contributed by atoms with Crippen molar-refractivity contribution in [3.63, 3.8) is 0 Å². The van der Waals surface area contributed by atoms with E-state index in [1.54, 1.807) is 0 Å². The predicted octanol–water partition coefficient (Wildman–Crippen LogP) is 4.06. The van der Waals surface area contributed by atoms with Crippen LogP contribution in [0.25, 0.3) is 10.8 Å². The first-order valence-corrected chi connectivity index (χ1v) is 7.63. The third-order valence-electron chi connectivity index (χ3n) is 3.93. The van der Waals surface area contributed by atoms with Crippen LogP contribution in [0.2, 0.25) is 0 Å². The van der Waals surface area contributed by atoms with Crippen LogP contribution >= 0.6 is 0 Å². The molecule has 1 heterocycles. The summed E-state index contributed by atoms with van der Waals surface area (Å²) in [5, 5.41) is 3.35. The highest BCUT2D eigenvalue weighted by molar-refractivity contribution is 6.04. The van der Waals surface area contributed by atoms with Crippen LogP contribution < -0.4 is 10.9 Å². The Bertz CT molecular complexity index is 992. The molecule has 0 unspecified atom stereocenters. The summed E-state index contributed by atoms with van der Waals surface area (Å²) in [7, 11) is 0. The van der Waals surface area contributed by atoms with Crippen molar-refractivity contribution < 1.29 is 13.6 Å². The first kappa shape index (κ1) is 15.9. The van der Waals surface area contributed by atoms with Crippen molar-refractivity contribution in [3.05, 3.63) is 75.6 Å². The first-order chi connectivity index (χ1) is 11.5. The molecular weight excluding hydrogens is 309 g/mol. The topological polar surface area (TPSA) is 59.3 Å². The fraction of sp³-hybridized carbons (Fsp3) is 0.158. The maximum Gasteiger partial charge on any atom is 0.344 e. The number of fused-ring (bicyclic) bond motifs is 1. The van der Waals surface area contributed by atoms with Gasteiger partial charge in [-0.05, 0) is 54.1 Å². The van der Waals surface area contributed by atoms with Crippen molar-refractivity contribution in [2.75, 3.05) is 5.32 Å². The van der Waals surface area contributed by atoms with E-state index in [4.69, 9.17) is 4.42 Å². The molecule has 0 saturated heterocycles. The van der Waals surface area contributed by atoms with Gasteiger partial charge in [0.25, 0.3) is 5.91 Å². The molecule has 1 aromatic heterocycles. The highest BCUT2D eigenvalue weighted by atomic mass is 19.1. The van der Waals surface area contributed by atoms with Crippen molar-refractivity contribution in [2.45, 2.75) is 20.3 Å². The Morgan fingerprint density at radius 1 is 1.21 bits per heavy atom. The quantitative estimate of drug-likeness (QED) is 0.790. The SMILES string of the molecule is CCc1cccc(C)c1NC(=O)c1cc2cc(F)ccc2c(=O)o1. The Kier molecular flexibility index (Phi) is 4.16. The lowest BCUT2D eigenvalue weighted by Gasteiger charge is -2.12. The molecule has 0 fully saturated rings. The molecule has 1 amide bonds. The van der Waals surface area contributed by atoms with Crippen LogP contribution in [0.3, 0.4) is 0 Å². The number of aryl methyl sites for hydroxylation is 2. The van der Waals surface area contributed by atoms with Gasteiger partial charge in [-0.1, -0.05) is 25.1 Å². The first-order valence-electron chi connectivity index (χ1n) is 7.63. The van der Waals surface area contributed by atoms with Gasteiger partial charge in [0.2, 0.25) is 0 Å². The molecule has 5 heteroatoms. The molecule has 0 aliphatic carbocycles. The summed E-state index contributed by atoms with van der Waals surface area (Å²) >= 11 is 0. The minimum absolute atomic E-state index is 0.150. The van der Waals surface area contributed by atoms with Crippen LogP contribution in [0.5, 0.6) is 0 Å². The van der Waals surface area contributed by atoms with Gasteiger partial charge in [0, 0.05) is 5.69 Å². The standard InChI is InChI=1S/C19H16FNO3/c1-3-12-6-4-5-11(2)17(12)21-18(22)16-10-13-9-14(20)7-8-15(13)19(23)24-16/h4-10H,3H2,1-2H3,(H,21,22). The summed E-state index contributed by atoms with van der Waals surface area (Å²) in [5.74, 6) is -1.17. The van der Waals surface area contributed by atoms with Gasteiger partial charge in [-0.2, -0.15) is 0 Å². The van der Waals surface area contributed by atoms with E-state index in [9.17, 15) is 14.0 Å². The molecule has 1 N–H and O–H groups in total. The summed E-state index contributed by atoms with van der Waals surface area (Å²) in [6, 6.07) is 10.8. The molecule has 0 aliphatic rings. The van der Waals surface area contributed by atoms with Crippen LogP contribution in [0, 0.1) is 12.7 Å². The molecule has 3 rings (SSSR count). The largest absolute Gasteiger partial charge is 0.417 e. The van der Waals surface area contributed by atoms with Gasteiger partial charge in [0.15, 0.2) is 5.76 Å². The average Bonchev–Trinajstić information content (AvgIpc) is 2.56. The van der Waals surface area contributed by atoms with E-state index >= 15 is 0 Å². The maximum absolute atomic E-state index is 13.4. The Labute approximate surface area is 137 Å². The van der Waals surface area contributed by atoms with Crippen LogP contribution in [0.1, 0.15) is 28.6 Å². The molecule has 0 bridgehead atoms. The lowest BCUT2D eigenvalue weighted by atomic mass is 10.1. The van der Waals surface area contributed by atoms with Crippen molar-refractivity contribution in [1.29, 1.82) is 0 Å². The molecule has 0 atom stereocenters. The molecule has 122 valence electrons. The molecule has 3 aromatic rings. The third-order valence-corrected chi connectivity index (χ3v) is 3.93. The predicted molar refractivity (Wildman–Crippen MR) is 91.0 cm³/mol. The molecule has 0 aliphatic heterocycles. The number of halogens is 1. The van der Waals surface area contributed by atoms with E-state index in [0.29, 0.717) is 11.1 Å².